The summed E-state index contributed by atoms with van der Waals surface area (Å²) in [7, 11) is -1.91. The summed E-state index contributed by atoms with van der Waals surface area (Å²) in [6.45, 7) is 0. The Morgan fingerprint density at radius 1 is 1.32 bits per heavy atom. The lowest BCUT2D eigenvalue weighted by Crippen LogP contribution is -2.44. The molecule has 1 saturated carbocycles. The molecule has 19 heavy (non-hydrogen) atoms. The minimum atomic E-state index is -4.37. The van der Waals surface area contributed by atoms with Crippen molar-refractivity contribution in [1.29, 1.82) is 0 Å². The van der Waals surface area contributed by atoms with Crippen molar-refractivity contribution in [2.45, 2.75) is 49.6 Å². The van der Waals surface area contributed by atoms with Gasteiger partial charge in [0.05, 0.1) is 11.7 Å². The third kappa shape index (κ3) is 4.67. The van der Waals surface area contributed by atoms with Crippen LogP contribution in [0.3, 0.4) is 0 Å². The summed E-state index contributed by atoms with van der Waals surface area (Å²) in [5, 5.41) is -0.660. The highest BCUT2D eigenvalue weighted by molar-refractivity contribution is 7.91. The van der Waals surface area contributed by atoms with E-state index in [0.29, 0.717) is 19.3 Å². The van der Waals surface area contributed by atoms with E-state index in [0.717, 1.165) is 6.26 Å². The number of carbonyl (C=O) groups excluding carboxylic acids is 1. The van der Waals surface area contributed by atoms with Crippen LogP contribution in [0.15, 0.2) is 0 Å². The molecule has 0 heterocycles. The molecular weight excluding hydrogens is 283 g/mol. The molecule has 1 aliphatic carbocycles. The molecule has 1 fully saturated rings. The van der Waals surface area contributed by atoms with Gasteiger partial charge in [0.25, 0.3) is 0 Å². The summed E-state index contributed by atoms with van der Waals surface area (Å²) in [5.74, 6) is -0.655. The molecule has 112 valence electrons. The predicted molar refractivity (Wildman–Crippen MR) is 64.3 cm³/mol. The van der Waals surface area contributed by atoms with Crippen molar-refractivity contribution in [2.75, 3.05) is 13.3 Å². The molecule has 0 unspecified atom stereocenters. The van der Waals surface area contributed by atoms with Crippen LogP contribution in [0.1, 0.15) is 32.1 Å². The van der Waals surface area contributed by atoms with Gasteiger partial charge in [0, 0.05) is 25.8 Å². The summed E-state index contributed by atoms with van der Waals surface area (Å²) in [6.07, 6.45) is -3.43. The van der Waals surface area contributed by atoms with E-state index in [1.54, 1.807) is 0 Å². The fourth-order valence-electron chi connectivity index (χ4n) is 2.46. The van der Waals surface area contributed by atoms with Crippen molar-refractivity contribution in [3.63, 3.8) is 0 Å². The van der Waals surface area contributed by atoms with Gasteiger partial charge in [-0.15, -0.1) is 0 Å². The van der Waals surface area contributed by atoms with Crippen LogP contribution < -0.4 is 0 Å². The molecule has 0 bridgehead atoms. The summed E-state index contributed by atoms with van der Waals surface area (Å²) >= 11 is 0. The van der Waals surface area contributed by atoms with Gasteiger partial charge >= 0.3 is 6.18 Å². The third-order valence-corrected chi connectivity index (χ3v) is 5.13. The number of hydrogen-bond acceptors (Lipinski definition) is 3. The van der Waals surface area contributed by atoms with Gasteiger partial charge in [-0.3, -0.25) is 4.79 Å². The molecule has 2 atom stereocenters. The number of hydrogen-bond donors (Lipinski definition) is 0. The smallest absolute Gasteiger partial charge is 0.341 e. The van der Waals surface area contributed by atoms with Gasteiger partial charge in [-0.05, 0) is 19.3 Å². The van der Waals surface area contributed by atoms with Crippen molar-refractivity contribution in [3.8, 4) is 0 Å². The van der Waals surface area contributed by atoms with Crippen LogP contribution >= 0.6 is 0 Å². The van der Waals surface area contributed by atoms with Crippen LogP contribution in [0.4, 0.5) is 13.2 Å². The van der Waals surface area contributed by atoms with E-state index in [2.05, 4.69) is 0 Å². The summed E-state index contributed by atoms with van der Waals surface area (Å²) in [6, 6.07) is -0.504. The maximum atomic E-state index is 12.1. The first-order valence-corrected chi connectivity index (χ1v) is 7.99. The van der Waals surface area contributed by atoms with Crippen molar-refractivity contribution in [1.82, 2.24) is 4.90 Å². The highest BCUT2D eigenvalue weighted by atomic mass is 32.2. The van der Waals surface area contributed by atoms with Gasteiger partial charge in [0.15, 0.2) is 9.84 Å². The number of alkyl halides is 3. The van der Waals surface area contributed by atoms with Crippen molar-refractivity contribution < 1.29 is 26.4 Å². The highest BCUT2D eigenvalue weighted by Gasteiger charge is 2.39. The second kappa shape index (κ2) is 5.68. The molecule has 1 amide bonds. The number of amides is 1. The number of rotatable bonds is 4. The van der Waals surface area contributed by atoms with E-state index in [4.69, 9.17) is 0 Å². The van der Waals surface area contributed by atoms with Gasteiger partial charge in [0.2, 0.25) is 5.91 Å². The van der Waals surface area contributed by atoms with Crippen LogP contribution in [0, 0.1) is 0 Å². The van der Waals surface area contributed by atoms with E-state index in [9.17, 15) is 26.4 Å². The molecule has 0 aromatic rings. The van der Waals surface area contributed by atoms with Gasteiger partial charge in [0.1, 0.15) is 0 Å². The van der Waals surface area contributed by atoms with Crippen molar-refractivity contribution in [2.24, 2.45) is 0 Å². The van der Waals surface area contributed by atoms with E-state index >= 15 is 0 Å². The van der Waals surface area contributed by atoms with Gasteiger partial charge in [-0.1, -0.05) is 0 Å². The minimum absolute atomic E-state index is 0.459. The predicted octanol–water partition coefficient (Wildman–Crippen LogP) is 1.75. The first-order valence-electron chi connectivity index (χ1n) is 6.03. The highest BCUT2D eigenvalue weighted by Crippen LogP contribution is 2.30. The monoisotopic (exact) mass is 301 g/mol. The zero-order valence-electron chi connectivity index (χ0n) is 10.9. The molecule has 4 nitrogen and oxygen atoms in total. The Balaban J connectivity index is 2.66. The lowest BCUT2D eigenvalue weighted by molar-refractivity contribution is -0.149. The van der Waals surface area contributed by atoms with E-state index in [1.165, 1.54) is 11.9 Å². The number of halogens is 3. The van der Waals surface area contributed by atoms with Crippen LogP contribution in [0.25, 0.3) is 0 Å². The summed E-state index contributed by atoms with van der Waals surface area (Å²) < 4.78 is 59.3. The molecule has 1 aliphatic rings. The largest absolute Gasteiger partial charge is 0.389 e. The molecule has 0 radical (unpaired) electrons. The van der Waals surface area contributed by atoms with Gasteiger partial charge in [-0.25, -0.2) is 8.42 Å². The minimum Gasteiger partial charge on any atom is -0.341 e. The Morgan fingerprint density at radius 2 is 1.89 bits per heavy atom. The zero-order chi connectivity index (χ0) is 14.8. The molecule has 8 heteroatoms. The van der Waals surface area contributed by atoms with Gasteiger partial charge < -0.3 is 4.90 Å². The van der Waals surface area contributed by atoms with Gasteiger partial charge in [-0.2, -0.15) is 13.2 Å². The third-order valence-electron chi connectivity index (χ3n) is 3.48. The van der Waals surface area contributed by atoms with E-state index in [1.807, 2.05) is 0 Å². The number of sulfone groups is 1. The maximum absolute atomic E-state index is 12.1. The molecular formula is C11H18F3NO3S. The Kier molecular flexibility index (Phi) is 4.86. The fourth-order valence-corrected chi connectivity index (χ4v) is 3.94. The van der Waals surface area contributed by atoms with E-state index in [-0.39, 0.29) is 0 Å². The van der Waals surface area contributed by atoms with Crippen LogP contribution in [0.5, 0.6) is 0 Å². The SMILES string of the molecule is CN(C(=O)CCC(F)(F)F)[C@H]1CCC[C@H]1S(C)(=O)=O. The molecule has 0 spiro atoms. The average Bonchev–Trinajstić information content (AvgIpc) is 2.72. The Hall–Kier alpha value is -0.790. The maximum Gasteiger partial charge on any atom is 0.389 e. The standard InChI is InChI=1S/C11H18F3NO3S/c1-15(10(16)6-7-11(12,13)14)8-4-3-5-9(8)19(2,17)18/h8-9H,3-7H2,1-2H3/t8-,9+/m0/s1. The second-order valence-corrected chi connectivity index (χ2v) is 7.25. The topological polar surface area (TPSA) is 54.5 Å². The molecule has 0 N–H and O–H groups in total. The Labute approximate surface area is 110 Å². The quantitative estimate of drug-likeness (QED) is 0.795. The Morgan fingerprint density at radius 3 is 2.37 bits per heavy atom. The summed E-state index contributed by atoms with van der Waals surface area (Å²) in [4.78, 5) is 12.9. The normalized spacial score (nSPS) is 24.5. The molecule has 0 saturated heterocycles. The van der Waals surface area contributed by atoms with E-state index < -0.39 is 46.1 Å². The van der Waals surface area contributed by atoms with Crippen molar-refractivity contribution in [3.05, 3.63) is 0 Å². The Bertz CT molecular complexity index is 433. The van der Waals surface area contributed by atoms with Crippen molar-refractivity contribution >= 4 is 15.7 Å². The molecule has 0 aromatic carbocycles. The second-order valence-electron chi connectivity index (χ2n) is 4.99. The average molecular weight is 301 g/mol. The van der Waals surface area contributed by atoms with Crippen LogP contribution in [-0.4, -0.2) is 50.0 Å². The lowest BCUT2D eigenvalue weighted by atomic mass is 10.2. The van der Waals surface area contributed by atoms with Crippen LogP contribution in [0.2, 0.25) is 0 Å². The first kappa shape index (κ1) is 16.3. The molecule has 0 aliphatic heterocycles. The number of carbonyl (C=O) groups is 1. The first-order chi connectivity index (χ1) is 8.52. The summed E-state index contributed by atoms with van der Waals surface area (Å²) in [5.41, 5.74) is 0. The fraction of sp³-hybridized carbons (Fsp3) is 0.909. The molecule has 0 aromatic heterocycles. The van der Waals surface area contributed by atoms with Crippen LogP contribution in [-0.2, 0) is 14.6 Å². The molecule has 1 rings (SSSR count). The zero-order valence-corrected chi connectivity index (χ0v) is 11.7. The number of nitrogens with zero attached hydrogens (tertiary/aromatic N) is 1. The lowest BCUT2D eigenvalue weighted by Gasteiger charge is -2.29.